The predicted molar refractivity (Wildman–Crippen MR) is 46.8 cm³/mol. The average Bonchev–Trinajstić information content (AvgIpc) is 2.14. The fourth-order valence-electron chi connectivity index (χ4n) is 0.596. The molecule has 0 spiro atoms. The molecule has 6 heteroatoms. The number of nitrogens with zero attached hydrogens (tertiary/aromatic N) is 5. The second-order valence-corrected chi connectivity index (χ2v) is 2.96. The van der Waals surface area contributed by atoms with Crippen molar-refractivity contribution in [2.45, 2.75) is 5.03 Å². The zero-order valence-electron chi connectivity index (χ0n) is 6.29. The molecule has 0 N–H and O–H groups in total. The molecule has 0 aliphatic heterocycles. The highest BCUT2D eigenvalue weighted by molar-refractivity contribution is 7.99. The first kappa shape index (κ1) is 8.83. The molecule has 0 aliphatic rings. The number of rotatable bonds is 4. The van der Waals surface area contributed by atoms with E-state index in [0.717, 1.165) is 10.8 Å². The number of hydrogen-bond donors (Lipinski definition) is 0. The monoisotopic (exact) mass is 181 g/mol. The van der Waals surface area contributed by atoms with Gasteiger partial charge in [0.15, 0.2) is 0 Å². The third-order valence-electron chi connectivity index (χ3n) is 1.04. The van der Waals surface area contributed by atoms with Crippen LogP contribution in [0.2, 0.25) is 0 Å². The van der Waals surface area contributed by atoms with Crippen molar-refractivity contribution < 1.29 is 0 Å². The summed E-state index contributed by atoms with van der Waals surface area (Å²) in [6, 6.07) is 0. The van der Waals surface area contributed by atoms with Crippen molar-refractivity contribution in [2.24, 2.45) is 5.11 Å². The Balaban J connectivity index is 2.29. The van der Waals surface area contributed by atoms with Crippen molar-refractivity contribution in [1.29, 1.82) is 0 Å². The maximum Gasteiger partial charge on any atom is 0.114 e. The summed E-state index contributed by atoms with van der Waals surface area (Å²) >= 11 is 1.52. The lowest BCUT2D eigenvalue weighted by atomic mass is 10.8. The highest BCUT2D eigenvalue weighted by Gasteiger charge is 1.91. The van der Waals surface area contributed by atoms with E-state index in [1.54, 1.807) is 18.6 Å². The lowest BCUT2D eigenvalue weighted by Crippen LogP contribution is -1.86. The Morgan fingerprint density at radius 3 is 3.17 bits per heavy atom. The predicted octanol–water partition coefficient (Wildman–Crippen LogP) is 1.88. The molecule has 12 heavy (non-hydrogen) atoms. The van der Waals surface area contributed by atoms with Crippen LogP contribution in [0.25, 0.3) is 10.4 Å². The van der Waals surface area contributed by atoms with Gasteiger partial charge in [0.25, 0.3) is 0 Å². The Labute approximate surface area is 73.9 Å². The summed E-state index contributed by atoms with van der Waals surface area (Å²) in [5, 5.41) is 4.25. The van der Waals surface area contributed by atoms with E-state index in [1.165, 1.54) is 11.8 Å². The van der Waals surface area contributed by atoms with Crippen molar-refractivity contribution >= 4 is 11.8 Å². The van der Waals surface area contributed by atoms with E-state index in [9.17, 15) is 0 Å². The van der Waals surface area contributed by atoms with Crippen LogP contribution in [-0.4, -0.2) is 22.3 Å². The number of hydrogen-bond acceptors (Lipinski definition) is 4. The molecule has 0 saturated carbocycles. The van der Waals surface area contributed by atoms with Crippen LogP contribution < -0.4 is 0 Å². The highest BCUT2D eigenvalue weighted by atomic mass is 32.2. The molecular formula is C6H7N5S. The summed E-state index contributed by atoms with van der Waals surface area (Å²) < 4.78 is 0. The van der Waals surface area contributed by atoms with Crippen LogP contribution in [0.3, 0.4) is 0 Å². The minimum Gasteiger partial charge on any atom is -0.260 e. The number of aromatic nitrogens is 2. The smallest absolute Gasteiger partial charge is 0.114 e. The van der Waals surface area contributed by atoms with Crippen LogP contribution in [0.5, 0.6) is 0 Å². The minimum absolute atomic E-state index is 0.484. The maximum atomic E-state index is 7.98. The van der Waals surface area contributed by atoms with E-state index in [4.69, 9.17) is 5.53 Å². The lowest BCUT2D eigenvalue weighted by molar-refractivity contribution is 1.05. The fraction of sp³-hybridized carbons (Fsp3) is 0.333. The minimum atomic E-state index is 0.484. The van der Waals surface area contributed by atoms with Gasteiger partial charge in [-0.25, -0.2) is 4.98 Å². The van der Waals surface area contributed by atoms with Crippen LogP contribution in [0, 0.1) is 0 Å². The summed E-state index contributed by atoms with van der Waals surface area (Å²) in [6.45, 7) is 0.484. The molecule has 0 saturated heterocycles. The van der Waals surface area contributed by atoms with Crippen LogP contribution in [0.1, 0.15) is 0 Å². The van der Waals surface area contributed by atoms with Gasteiger partial charge in [0.2, 0.25) is 0 Å². The van der Waals surface area contributed by atoms with Crippen LogP contribution >= 0.6 is 11.8 Å². The van der Waals surface area contributed by atoms with E-state index in [-0.39, 0.29) is 0 Å². The summed E-state index contributed by atoms with van der Waals surface area (Å²) in [5.41, 5.74) is 7.98. The second kappa shape index (κ2) is 5.40. The normalized spacial score (nSPS) is 9.00. The molecule has 0 amide bonds. The molecule has 62 valence electrons. The van der Waals surface area contributed by atoms with Crippen molar-refractivity contribution in [2.75, 3.05) is 12.3 Å². The molecular weight excluding hydrogens is 174 g/mol. The maximum absolute atomic E-state index is 7.98. The first-order valence-corrected chi connectivity index (χ1v) is 4.31. The van der Waals surface area contributed by atoms with Crippen LogP contribution in [0.4, 0.5) is 0 Å². The van der Waals surface area contributed by atoms with E-state index in [0.29, 0.717) is 6.54 Å². The molecule has 5 nitrogen and oxygen atoms in total. The SMILES string of the molecule is [N-]=[N+]=NCCSc1cnccn1. The molecule has 1 aromatic rings. The van der Waals surface area contributed by atoms with Gasteiger partial charge < -0.3 is 0 Å². The molecule has 0 unspecified atom stereocenters. The lowest BCUT2D eigenvalue weighted by Gasteiger charge is -1.94. The third kappa shape index (κ3) is 3.23. The quantitative estimate of drug-likeness (QED) is 0.234. The van der Waals surface area contributed by atoms with Crippen molar-refractivity contribution in [3.05, 3.63) is 29.0 Å². The van der Waals surface area contributed by atoms with Gasteiger partial charge in [-0.3, -0.25) is 4.98 Å². The Morgan fingerprint density at radius 2 is 2.50 bits per heavy atom. The molecule has 0 bridgehead atoms. The summed E-state index contributed by atoms with van der Waals surface area (Å²) in [5.74, 6) is 0.739. The van der Waals surface area contributed by atoms with Gasteiger partial charge >= 0.3 is 0 Å². The van der Waals surface area contributed by atoms with Crippen molar-refractivity contribution in [1.82, 2.24) is 9.97 Å². The first-order valence-electron chi connectivity index (χ1n) is 3.33. The molecule has 0 aromatic carbocycles. The molecule has 0 fully saturated rings. The van der Waals surface area contributed by atoms with E-state index >= 15 is 0 Å². The fourth-order valence-corrected chi connectivity index (χ4v) is 1.25. The zero-order valence-corrected chi connectivity index (χ0v) is 7.11. The van der Waals surface area contributed by atoms with Crippen molar-refractivity contribution in [3.8, 4) is 0 Å². The van der Waals surface area contributed by atoms with Gasteiger partial charge in [-0.05, 0) is 5.53 Å². The Kier molecular flexibility index (Phi) is 3.97. The molecule has 1 rings (SSSR count). The summed E-state index contributed by atoms with van der Waals surface area (Å²) in [6.07, 6.45) is 4.94. The Hall–Kier alpha value is -1.26. The van der Waals surface area contributed by atoms with E-state index < -0.39 is 0 Å². The Bertz CT molecular complexity index is 269. The molecule has 0 radical (unpaired) electrons. The van der Waals surface area contributed by atoms with Gasteiger partial charge in [0, 0.05) is 29.6 Å². The van der Waals surface area contributed by atoms with Gasteiger partial charge in [-0.1, -0.05) is 5.11 Å². The highest BCUT2D eigenvalue weighted by Crippen LogP contribution is 2.11. The molecule has 0 atom stereocenters. The van der Waals surface area contributed by atoms with Gasteiger partial charge in [-0.2, -0.15) is 0 Å². The molecule has 1 aromatic heterocycles. The average molecular weight is 181 g/mol. The summed E-state index contributed by atoms with van der Waals surface area (Å²) in [4.78, 5) is 10.6. The van der Waals surface area contributed by atoms with Crippen LogP contribution in [0.15, 0.2) is 28.7 Å². The summed E-state index contributed by atoms with van der Waals surface area (Å²) in [7, 11) is 0. The third-order valence-corrected chi connectivity index (χ3v) is 1.94. The largest absolute Gasteiger partial charge is 0.260 e. The molecule has 1 heterocycles. The first-order chi connectivity index (χ1) is 5.93. The topological polar surface area (TPSA) is 74.5 Å². The van der Waals surface area contributed by atoms with Gasteiger partial charge in [0.05, 0.1) is 6.20 Å². The van der Waals surface area contributed by atoms with Crippen molar-refractivity contribution in [3.63, 3.8) is 0 Å². The van der Waals surface area contributed by atoms with Gasteiger partial charge in [-0.15, -0.1) is 11.8 Å². The number of azide groups is 1. The van der Waals surface area contributed by atoms with E-state index in [2.05, 4.69) is 20.0 Å². The Morgan fingerprint density at radius 1 is 1.58 bits per heavy atom. The number of thioether (sulfide) groups is 1. The second-order valence-electron chi connectivity index (χ2n) is 1.85. The van der Waals surface area contributed by atoms with Crippen LogP contribution in [-0.2, 0) is 0 Å². The zero-order chi connectivity index (χ0) is 8.65. The van der Waals surface area contributed by atoms with Gasteiger partial charge in [0.1, 0.15) is 5.03 Å². The standard InChI is InChI=1S/C6H7N5S/c7-11-10-3-4-12-6-5-8-1-2-9-6/h1-2,5H,3-4H2. The van der Waals surface area contributed by atoms with E-state index in [1.807, 2.05) is 0 Å². The molecule has 0 aliphatic carbocycles.